The van der Waals surface area contributed by atoms with Gasteiger partial charge in [0.15, 0.2) is 5.78 Å². The molecule has 1 fully saturated rings. The highest BCUT2D eigenvalue weighted by Crippen LogP contribution is 2.46. The normalized spacial score (nSPS) is 17.9. The van der Waals surface area contributed by atoms with E-state index in [1.165, 1.54) is 22.3 Å². The van der Waals surface area contributed by atoms with Crippen LogP contribution in [0.2, 0.25) is 0 Å². The van der Waals surface area contributed by atoms with E-state index >= 15 is 0 Å². The van der Waals surface area contributed by atoms with Crippen LogP contribution in [-0.4, -0.2) is 46.9 Å². The van der Waals surface area contributed by atoms with Gasteiger partial charge in [0.1, 0.15) is 15.5 Å². The van der Waals surface area contributed by atoms with Crippen molar-refractivity contribution in [1.29, 1.82) is 0 Å². The first kappa shape index (κ1) is 25.7. The van der Waals surface area contributed by atoms with E-state index in [1.807, 2.05) is 37.3 Å². The molecule has 2 atom stereocenters. The summed E-state index contributed by atoms with van der Waals surface area (Å²) in [5.41, 5.74) is 2.36. The maximum atomic E-state index is 13.5. The van der Waals surface area contributed by atoms with E-state index in [2.05, 4.69) is 27.2 Å². The molecule has 202 valence electrons. The van der Waals surface area contributed by atoms with E-state index in [0.717, 1.165) is 5.56 Å². The maximum Gasteiger partial charge on any atom is 0.331 e. The molecule has 3 amide bonds. The number of hydrogen-bond acceptors (Lipinski definition) is 8. The molecule has 40 heavy (non-hydrogen) atoms. The first-order valence-corrected chi connectivity index (χ1v) is 13.5. The number of urea groups is 1. The molecule has 2 N–H and O–H groups in total. The Kier molecular flexibility index (Phi) is 6.74. The van der Waals surface area contributed by atoms with Gasteiger partial charge in [0.05, 0.1) is 47.9 Å². The number of carbonyl (C=O) groups excluding carboxylic acids is 3. The molecule has 2 aliphatic rings. The van der Waals surface area contributed by atoms with Gasteiger partial charge in [0.2, 0.25) is 5.88 Å². The number of hydrogen-bond donors (Lipinski definition) is 2. The van der Waals surface area contributed by atoms with Crippen LogP contribution in [-0.2, 0) is 9.53 Å². The van der Waals surface area contributed by atoms with E-state index < -0.39 is 6.03 Å². The largest absolute Gasteiger partial charge is 0.439 e. The monoisotopic (exact) mass is 555 g/mol. The highest BCUT2D eigenvalue weighted by molar-refractivity contribution is 7.21. The Morgan fingerprint density at radius 3 is 2.83 bits per heavy atom. The van der Waals surface area contributed by atoms with Crippen molar-refractivity contribution in [1.82, 2.24) is 15.3 Å². The number of ether oxygens (including phenoxy) is 2. The number of allylic oxidation sites excluding steroid dienone is 1. The summed E-state index contributed by atoms with van der Waals surface area (Å²) in [6.45, 7) is 6.08. The number of nitrogens with one attached hydrogen (secondary N) is 2. The van der Waals surface area contributed by atoms with E-state index in [9.17, 15) is 14.4 Å². The number of carbonyl (C=O) groups is 3. The fraction of sp³-hybridized carbons (Fsp3) is 0.207. The molecule has 6 rings (SSSR count). The van der Waals surface area contributed by atoms with Crippen LogP contribution in [0.15, 0.2) is 67.5 Å². The molecule has 0 radical (unpaired) electrons. The number of anilines is 3. The number of pyridine rings is 2. The topological polar surface area (TPSA) is 123 Å². The summed E-state index contributed by atoms with van der Waals surface area (Å²) < 4.78 is 11.4. The molecule has 1 aromatic carbocycles. The average Bonchev–Trinajstić information content (AvgIpc) is 3.55. The zero-order valence-electron chi connectivity index (χ0n) is 21.5. The summed E-state index contributed by atoms with van der Waals surface area (Å²) in [7, 11) is 0. The second-order valence-electron chi connectivity index (χ2n) is 9.56. The lowest BCUT2D eigenvalue weighted by Crippen LogP contribution is -2.41. The lowest BCUT2D eigenvalue weighted by atomic mass is 9.97. The first-order chi connectivity index (χ1) is 19.4. The summed E-state index contributed by atoms with van der Waals surface area (Å²) in [4.78, 5) is 50.2. The number of para-hydroxylation sites is 1. The predicted octanol–water partition coefficient (Wildman–Crippen LogP) is 5.37. The molecule has 0 saturated carbocycles. The Hall–Kier alpha value is -4.61. The molecule has 0 spiro atoms. The van der Waals surface area contributed by atoms with Crippen molar-refractivity contribution in [2.75, 3.05) is 23.4 Å². The molecule has 0 aliphatic carbocycles. The molecule has 4 aromatic rings. The van der Waals surface area contributed by atoms with Gasteiger partial charge in [-0.2, -0.15) is 0 Å². The number of aryl methyl sites for hydroxylation is 1. The summed E-state index contributed by atoms with van der Waals surface area (Å²) in [6, 6.07) is 12.1. The Labute approximate surface area is 233 Å². The van der Waals surface area contributed by atoms with Crippen molar-refractivity contribution in [3.05, 3.63) is 78.0 Å². The number of rotatable bonds is 8. The Bertz CT molecular complexity index is 1650. The lowest BCUT2D eigenvalue weighted by molar-refractivity contribution is -0.115. The Morgan fingerprint density at radius 2 is 2.05 bits per heavy atom. The molecule has 10 nitrogen and oxygen atoms in total. The summed E-state index contributed by atoms with van der Waals surface area (Å²) >= 11 is 1.20. The van der Waals surface area contributed by atoms with Crippen LogP contribution in [0.1, 0.15) is 21.7 Å². The van der Waals surface area contributed by atoms with Gasteiger partial charge in [-0.25, -0.2) is 14.8 Å². The molecule has 1 saturated heterocycles. The van der Waals surface area contributed by atoms with Crippen LogP contribution in [0.5, 0.6) is 11.6 Å². The van der Waals surface area contributed by atoms with E-state index in [0.29, 0.717) is 57.0 Å². The van der Waals surface area contributed by atoms with Crippen molar-refractivity contribution >= 4 is 56.3 Å². The van der Waals surface area contributed by atoms with Gasteiger partial charge >= 0.3 is 6.03 Å². The Balaban J connectivity index is 1.30. The number of nitrogens with zero attached hydrogens (tertiary/aromatic N) is 3. The Morgan fingerprint density at radius 1 is 1.23 bits per heavy atom. The zero-order chi connectivity index (χ0) is 27.8. The number of ketones is 1. The number of thiophene rings is 1. The van der Waals surface area contributed by atoms with Crippen molar-refractivity contribution in [3.63, 3.8) is 0 Å². The van der Waals surface area contributed by atoms with Gasteiger partial charge < -0.3 is 20.1 Å². The molecule has 3 aromatic heterocycles. The maximum absolute atomic E-state index is 13.5. The lowest BCUT2D eigenvalue weighted by Gasteiger charge is -2.29. The minimum Gasteiger partial charge on any atom is -0.439 e. The predicted molar refractivity (Wildman–Crippen MR) is 152 cm³/mol. The standard InChI is InChI=1S/C29H25N5O5S/c1-3-18(35)12-17-14-38-15-20(17)32-27(36)26-25-24-21(9-10-30-28(24)40-26)34(29(37)33-25)22-13-31-23(11-16(22)2)39-19-7-5-4-6-8-19/h3-11,13,17,20H,1,12,14-15H2,2H3,(H,32,36)(H,33,37)/t17-,20+/m0/s1. The van der Waals surface area contributed by atoms with Crippen LogP contribution in [0, 0.1) is 12.8 Å². The van der Waals surface area contributed by atoms with Gasteiger partial charge in [0.25, 0.3) is 5.91 Å². The van der Waals surface area contributed by atoms with Gasteiger partial charge in [-0.05, 0) is 36.8 Å². The second-order valence-corrected chi connectivity index (χ2v) is 10.6. The van der Waals surface area contributed by atoms with Crippen LogP contribution in [0.25, 0.3) is 10.2 Å². The molecular weight excluding hydrogens is 530 g/mol. The minimum atomic E-state index is -0.423. The fourth-order valence-corrected chi connectivity index (χ4v) is 5.96. The summed E-state index contributed by atoms with van der Waals surface area (Å²) in [6.07, 6.45) is 4.73. The average molecular weight is 556 g/mol. The molecule has 2 aliphatic heterocycles. The molecule has 11 heteroatoms. The third-order valence-corrected chi connectivity index (χ3v) is 8.02. The van der Waals surface area contributed by atoms with E-state index in [-0.39, 0.29) is 30.1 Å². The summed E-state index contributed by atoms with van der Waals surface area (Å²) in [5, 5.41) is 6.56. The van der Waals surface area contributed by atoms with Gasteiger partial charge in [0, 0.05) is 24.6 Å². The van der Waals surface area contributed by atoms with E-state index in [4.69, 9.17) is 9.47 Å². The third-order valence-electron chi connectivity index (χ3n) is 6.92. The van der Waals surface area contributed by atoms with Crippen molar-refractivity contribution < 1.29 is 23.9 Å². The van der Waals surface area contributed by atoms with Gasteiger partial charge in [-0.3, -0.25) is 14.5 Å². The fourth-order valence-electron chi connectivity index (χ4n) is 4.94. The number of aromatic nitrogens is 2. The van der Waals surface area contributed by atoms with Crippen molar-refractivity contribution in [2.45, 2.75) is 19.4 Å². The SMILES string of the molecule is C=CC(=O)C[C@H]1COC[C@H]1NC(=O)c1sc2nccc3c2c1NC(=O)N3c1cnc(Oc2ccccc2)cc1C. The molecule has 0 unspecified atom stereocenters. The van der Waals surface area contributed by atoms with Crippen LogP contribution in [0.3, 0.4) is 0 Å². The molecule has 0 bridgehead atoms. The van der Waals surface area contributed by atoms with Crippen molar-refractivity contribution in [2.24, 2.45) is 5.92 Å². The van der Waals surface area contributed by atoms with Gasteiger partial charge in [-0.1, -0.05) is 24.8 Å². The zero-order valence-corrected chi connectivity index (χ0v) is 22.4. The smallest absolute Gasteiger partial charge is 0.331 e. The first-order valence-electron chi connectivity index (χ1n) is 12.7. The third kappa shape index (κ3) is 4.69. The highest BCUT2D eigenvalue weighted by Gasteiger charge is 2.36. The molecule has 5 heterocycles. The van der Waals surface area contributed by atoms with Gasteiger partial charge in [-0.15, -0.1) is 11.3 Å². The van der Waals surface area contributed by atoms with Crippen LogP contribution >= 0.6 is 11.3 Å². The second kappa shape index (κ2) is 10.5. The summed E-state index contributed by atoms with van der Waals surface area (Å²) in [5.74, 6) is 0.458. The van der Waals surface area contributed by atoms with Crippen molar-refractivity contribution in [3.8, 4) is 11.6 Å². The quantitative estimate of drug-likeness (QED) is 0.280. The molecular formula is C29H25N5O5S. The number of amides is 3. The highest BCUT2D eigenvalue weighted by atomic mass is 32.1. The van der Waals surface area contributed by atoms with Crippen LogP contribution in [0.4, 0.5) is 21.9 Å². The van der Waals surface area contributed by atoms with E-state index in [1.54, 1.807) is 24.5 Å². The number of benzene rings is 1. The minimum absolute atomic E-state index is 0.0997. The van der Waals surface area contributed by atoms with Crippen LogP contribution < -0.4 is 20.3 Å².